The van der Waals surface area contributed by atoms with Crippen molar-refractivity contribution in [1.82, 2.24) is 0 Å². The van der Waals surface area contributed by atoms with Crippen LogP contribution in [0.4, 0.5) is 0 Å². The summed E-state index contributed by atoms with van der Waals surface area (Å²) in [6, 6.07) is 0. The fourth-order valence-electron chi connectivity index (χ4n) is 5.87. The maximum absolute atomic E-state index is 2.56. The fourth-order valence-corrected chi connectivity index (χ4v) is 5.87. The molecule has 0 N–H and O–H groups in total. The Morgan fingerprint density at radius 1 is 0.737 bits per heavy atom. The number of hydrogen-bond acceptors (Lipinski definition) is 0. The van der Waals surface area contributed by atoms with Crippen molar-refractivity contribution >= 4 is 0 Å². The maximum atomic E-state index is 2.56. The van der Waals surface area contributed by atoms with E-state index in [0.717, 1.165) is 5.92 Å². The summed E-state index contributed by atoms with van der Waals surface area (Å²) in [4.78, 5) is 0. The molecule has 0 aliphatic heterocycles. The summed E-state index contributed by atoms with van der Waals surface area (Å²) in [5, 5.41) is 0. The van der Waals surface area contributed by atoms with Crippen molar-refractivity contribution < 1.29 is 0 Å². The predicted molar refractivity (Wildman–Crippen MR) is 85.2 cm³/mol. The number of hydrogen-bond donors (Lipinski definition) is 0. The highest BCUT2D eigenvalue weighted by molar-refractivity contribution is 5.22. The van der Waals surface area contributed by atoms with Gasteiger partial charge in [0.1, 0.15) is 0 Å². The van der Waals surface area contributed by atoms with Crippen molar-refractivity contribution in [2.24, 2.45) is 33.0 Å². The van der Waals surface area contributed by atoms with Gasteiger partial charge >= 0.3 is 0 Å². The molecule has 0 heteroatoms. The van der Waals surface area contributed by atoms with Crippen molar-refractivity contribution in [3.63, 3.8) is 0 Å². The van der Waals surface area contributed by atoms with E-state index >= 15 is 0 Å². The van der Waals surface area contributed by atoms with E-state index in [1.165, 1.54) is 25.7 Å². The Morgan fingerprint density at radius 3 is 1.47 bits per heavy atom. The van der Waals surface area contributed by atoms with Gasteiger partial charge in [0.2, 0.25) is 0 Å². The van der Waals surface area contributed by atoms with E-state index in [1.54, 1.807) is 0 Å². The Hall–Kier alpha value is 0. The molecule has 0 aromatic rings. The molecule has 2 saturated carbocycles. The Bertz CT molecular complexity index is 362. The highest BCUT2D eigenvalue weighted by atomic mass is 14.8. The van der Waals surface area contributed by atoms with Crippen LogP contribution in [0.1, 0.15) is 88.0 Å². The van der Waals surface area contributed by atoms with Crippen LogP contribution in [0.3, 0.4) is 0 Å². The molecule has 19 heavy (non-hydrogen) atoms. The van der Waals surface area contributed by atoms with Gasteiger partial charge in [-0.05, 0) is 58.7 Å². The average molecular weight is 264 g/mol. The molecule has 0 aromatic carbocycles. The van der Waals surface area contributed by atoms with Crippen LogP contribution in [0.15, 0.2) is 0 Å². The molecular formula is C19H36. The summed E-state index contributed by atoms with van der Waals surface area (Å²) in [6.07, 6.45) is 5.82. The molecule has 0 aromatic heterocycles. The van der Waals surface area contributed by atoms with Gasteiger partial charge in [-0.1, -0.05) is 62.3 Å². The van der Waals surface area contributed by atoms with Crippen molar-refractivity contribution in [3.8, 4) is 0 Å². The number of rotatable bonds is 1. The molecule has 0 bridgehead atoms. The van der Waals surface area contributed by atoms with Gasteiger partial charge in [-0.3, -0.25) is 0 Å². The van der Waals surface area contributed by atoms with Crippen LogP contribution in [0.5, 0.6) is 0 Å². The first-order chi connectivity index (χ1) is 8.31. The van der Waals surface area contributed by atoms with Crippen LogP contribution >= 0.6 is 0 Å². The normalized spacial score (nSPS) is 39.9. The lowest BCUT2D eigenvalue weighted by atomic mass is 9.33. The summed E-state index contributed by atoms with van der Waals surface area (Å²) in [6.45, 7) is 22.5. The van der Waals surface area contributed by atoms with E-state index in [4.69, 9.17) is 0 Å². The molecule has 0 spiro atoms. The van der Waals surface area contributed by atoms with Gasteiger partial charge < -0.3 is 0 Å². The largest absolute Gasteiger partial charge is 0.0625 e. The Kier molecular flexibility index (Phi) is 3.08. The minimum absolute atomic E-state index is 0.383. The first-order valence-electron chi connectivity index (χ1n) is 8.31. The molecule has 2 rings (SSSR count). The minimum Gasteiger partial charge on any atom is -0.0625 e. The monoisotopic (exact) mass is 264 g/mol. The van der Waals surface area contributed by atoms with E-state index < -0.39 is 0 Å². The third-order valence-electron chi connectivity index (χ3n) is 7.80. The van der Waals surface area contributed by atoms with Crippen LogP contribution in [0, 0.1) is 33.0 Å². The molecule has 3 atom stereocenters. The summed E-state index contributed by atoms with van der Waals surface area (Å²) in [5.74, 6) is 0.906. The molecule has 2 aliphatic carbocycles. The second kappa shape index (κ2) is 3.80. The molecule has 112 valence electrons. The van der Waals surface area contributed by atoms with E-state index in [-0.39, 0.29) is 0 Å². The number of fused-ring (bicyclic) bond motifs is 1. The van der Waals surface area contributed by atoms with Gasteiger partial charge in [0.15, 0.2) is 0 Å². The summed E-state index contributed by atoms with van der Waals surface area (Å²) < 4.78 is 0. The smallest absolute Gasteiger partial charge is 0.0177 e. The summed E-state index contributed by atoms with van der Waals surface area (Å²) in [7, 11) is 0. The summed E-state index contributed by atoms with van der Waals surface area (Å²) in [5.41, 5.74) is 2.38. The highest BCUT2D eigenvalue weighted by Gasteiger charge is 2.73. The standard InChI is InChI=1S/C19H36/c1-14-12-18(16(5,6)7)10-11-19(18,13-14)17(8,9)15(2,3)4/h14H,10-13H2,1-9H3. The Morgan fingerprint density at radius 2 is 1.16 bits per heavy atom. The van der Waals surface area contributed by atoms with Crippen molar-refractivity contribution in [2.45, 2.75) is 88.0 Å². The lowest BCUT2D eigenvalue weighted by Gasteiger charge is -2.71. The van der Waals surface area contributed by atoms with Crippen molar-refractivity contribution in [2.75, 3.05) is 0 Å². The Balaban J connectivity index is 2.54. The lowest BCUT2D eigenvalue weighted by Crippen LogP contribution is -2.63. The van der Waals surface area contributed by atoms with Gasteiger partial charge in [0, 0.05) is 0 Å². The van der Waals surface area contributed by atoms with Gasteiger partial charge in [-0.15, -0.1) is 0 Å². The average Bonchev–Trinajstić information content (AvgIpc) is 2.36. The molecular weight excluding hydrogens is 228 g/mol. The minimum atomic E-state index is 0.383. The zero-order chi connectivity index (χ0) is 14.9. The van der Waals surface area contributed by atoms with E-state index in [1.807, 2.05) is 0 Å². The molecule has 0 nitrogen and oxygen atoms in total. The second-order valence-corrected chi connectivity index (χ2v) is 10.3. The van der Waals surface area contributed by atoms with E-state index in [0.29, 0.717) is 27.1 Å². The SMILES string of the molecule is CC1CC2(C(C)(C)C)CCC2(C(C)(C)C(C)(C)C)C1. The lowest BCUT2D eigenvalue weighted by molar-refractivity contribution is -0.223. The van der Waals surface area contributed by atoms with Crippen LogP contribution in [0.2, 0.25) is 0 Å². The molecule has 2 fully saturated rings. The predicted octanol–water partition coefficient (Wildman–Crippen LogP) is 6.30. The van der Waals surface area contributed by atoms with Crippen LogP contribution in [-0.4, -0.2) is 0 Å². The molecule has 3 unspecified atom stereocenters. The molecule has 0 radical (unpaired) electrons. The summed E-state index contributed by atoms with van der Waals surface area (Å²) >= 11 is 0. The van der Waals surface area contributed by atoms with Gasteiger partial charge in [-0.2, -0.15) is 0 Å². The van der Waals surface area contributed by atoms with E-state index in [2.05, 4.69) is 62.3 Å². The van der Waals surface area contributed by atoms with Crippen LogP contribution < -0.4 is 0 Å². The van der Waals surface area contributed by atoms with Gasteiger partial charge in [0.05, 0.1) is 0 Å². The fraction of sp³-hybridized carbons (Fsp3) is 1.00. The zero-order valence-electron chi connectivity index (χ0n) is 14.9. The highest BCUT2D eigenvalue weighted by Crippen LogP contribution is 2.81. The zero-order valence-corrected chi connectivity index (χ0v) is 14.9. The molecule has 0 amide bonds. The van der Waals surface area contributed by atoms with Gasteiger partial charge in [0.25, 0.3) is 0 Å². The topological polar surface area (TPSA) is 0 Å². The van der Waals surface area contributed by atoms with Crippen molar-refractivity contribution in [1.29, 1.82) is 0 Å². The van der Waals surface area contributed by atoms with Crippen LogP contribution in [-0.2, 0) is 0 Å². The third-order valence-corrected chi connectivity index (χ3v) is 7.80. The first kappa shape index (κ1) is 15.4. The third kappa shape index (κ3) is 1.64. The van der Waals surface area contributed by atoms with Gasteiger partial charge in [-0.25, -0.2) is 0 Å². The quantitative estimate of drug-likeness (QED) is 0.521. The molecule has 0 saturated heterocycles. The second-order valence-electron chi connectivity index (χ2n) is 10.3. The molecule has 0 heterocycles. The van der Waals surface area contributed by atoms with E-state index in [9.17, 15) is 0 Å². The van der Waals surface area contributed by atoms with Crippen LogP contribution in [0.25, 0.3) is 0 Å². The first-order valence-corrected chi connectivity index (χ1v) is 8.31. The Labute approximate surface area is 121 Å². The molecule has 2 aliphatic rings. The maximum Gasteiger partial charge on any atom is -0.0177 e. The van der Waals surface area contributed by atoms with Crippen molar-refractivity contribution in [3.05, 3.63) is 0 Å².